The summed E-state index contributed by atoms with van der Waals surface area (Å²) in [6.07, 6.45) is 2.21. The molecule has 0 saturated carbocycles. The van der Waals surface area contributed by atoms with Crippen LogP contribution in [0.3, 0.4) is 0 Å². The van der Waals surface area contributed by atoms with Gasteiger partial charge in [-0.25, -0.2) is 9.55 Å². The highest BCUT2D eigenvalue weighted by molar-refractivity contribution is 7.18. The second-order valence-corrected chi connectivity index (χ2v) is 6.30. The summed E-state index contributed by atoms with van der Waals surface area (Å²) in [6, 6.07) is 21.2. The van der Waals surface area contributed by atoms with E-state index in [0.29, 0.717) is 11.4 Å². The van der Waals surface area contributed by atoms with E-state index in [1.165, 1.54) is 0 Å². The van der Waals surface area contributed by atoms with Gasteiger partial charge in [-0.1, -0.05) is 24.3 Å². The Balaban J connectivity index is 1.80. The number of nitrogens with zero attached hydrogens (tertiary/aromatic N) is 4. The zero-order valence-corrected chi connectivity index (χ0v) is 13.3. The van der Waals surface area contributed by atoms with Crippen molar-refractivity contribution in [2.75, 3.05) is 0 Å². The van der Waals surface area contributed by atoms with Crippen molar-refractivity contribution < 1.29 is 0 Å². The van der Waals surface area contributed by atoms with Crippen molar-refractivity contribution in [3.63, 3.8) is 0 Å². The van der Waals surface area contributed by atoms with E-state index in [0.717, 1.165) is 26.4 Å². The molecule has 0 fully saturated rings. The fourth-order valence-corrected chi connectivity index (χ4v) is 3.61. The van der Waals surface area contributed by atoms with Crippen LogP contribution in [0.1, 0.15) is 5.56 Å². The lowest BCUT2D eigenvalue weighted by Crippen LogP contribution is -1.90. The van der Waals surface area contributed by atoms with E-state index in [4.69, 9.17) is 5.26 Å². The zero-order valence-electron chi connectivity index (χ0n) is 12.5. The summed E-state index contributed by atoms with van der Waals surface area (Å²) < 4.78 is 1.56. The van der Waals surface area contributed by atoms with E-state index in [1.54, 1.807) is 28.0 Å². The van der Waals surface area contributed by atoms with Crippen LogP contribution in [-0.4, -0.2) is 9.55 Å². The van der Waals surface area contributed by atoms with E-state index in [1.807, 2.05) is 48.5 Å². The van der Waals surface area contributed by atoms with Crippen LogP contribution in [0, 0.1) is 22.8 Å². The van der Waals surface area contributed by atoms with Gasteiger partial charge in [0.1, 0.15) is 0 Å². The molecule has 24 heavy (non-hydrogen) atoms. The molecule has 0 bridgehead atoms. The standard InChI is InChI=1S/C19H10N4S/c20-11-13-5-7-14(8-6-13)17-9-10-18(24-17)19-22-15-3-1-2-4-16(15)23(19)12-21/h1-10H. The summed E-state index contributed by atoms with van der Waals surface area (Å²) in [5.74, 6) is 0.656. The fraction of sp³-hybridized carbons (Fsp3) is 0. The highest BCUT2D eigenvalue weighted by Crippen LogP contribution is 2.35. The first-order chi connectivity index (χ1) is 11.8. The average molecular weight is 326 g/mol. The highest BCUT2D eigenvalue weighted by atomic mass is 32.1. The number of thiophene rings is 1. The molecule has 5 heteroatoms. The van der Waals surface area contributed by atoms with Gasteiger partial charge < -0.3 is 0 Å². The Kier molecular flexibility index (Phi) is 3.35. The maximum atomic E-state index is 9.50. The fourth-order valence-electron chi connectivity index (χ4n) is 2.61. The minimum Gasteiger partial charge on any atom is -0.227 e. The molecule has 2 heterocycles. The predicted octanol–water partition coefficient (Wildman–Crippen LogP) is 4.63. The van der Waals surface area contributed by atoms with E-state index in [2.05, 4.69) is 17.2 Å². The monoisotopic (exact) mass is 326 g/mol. The topological polar surface area (TPSA) is 65.4 Å². The van der Waals surface area contributed by atoms with Gasteiger partial charge in [-0.3, -0.25) is 0 Å². The van der Waals surface area contributed by atoms with Gasteiger partial charge in [0.15, 0.2) is 12.0 Å². The number of hydrogen-bond acceptors (Lipinski definition) is 4. The SMILES string of the molecule is N#Cc1ccc(-c2ccc(-c3nc4ccccc4n3C#N)s2)cc1. The van der Waals surface area contributed by atoms with Crippen LogP contribution in [0.4, 0.5) is 0 Å². The highest BCUT2D eigenvalue weighted by Gasteiger charge is 2.14. The predicted molar refractivity (Wildman–Crippen MR) is 94.2 cm³/mol. The van der Waals surface area contributed by atoms with Crippen molar-refractivity contribution in [2.45, 2.75) is 0 Å². The second-order valence-electron chi connectivity index (χ2n) is 5.21. The number of rotatable bonds is 2. The molecule has 4 rings (SSSR count). The number of aromatic nitrogens is 2. The third kappa shape index (κ3) is 2.25. The lowest BCUT2D eigenvalue weighted by Gasteiger charge is -1.98. The normalized spacial score (nSPS) is 10.4. The summed E-state index contributed by atoms with van der Waals surface area (Å²) in [7, 11) is 0. The van der Waals surface area contributed by atoms with E-state index in [9.17, 15) is 5.26 Å². The minimum absolute atomic E-state index is 0.641. The van der Waals surface area contributed by atoms with Crippen molar-refractivity contribution in [1.82, 2.24) is 9.55 Å². The molecule has 112 valence electrons. The summed E-state index contributed by atoms with van der Waals surface area (Å²) in [5, 5.41) is 18.4. The van der Waals surface area contributed by atoms with Gasteiger partial charge >= 0.3 is 0 Å². The molecule has 0 spiro atoms. The Morgan fingerprint density at radius 3 is 2.38 bits per heavy atom. The Morgan fingerprint density at radius 2 is 1.62 bits per heavy atom. The molecule has 0 N–H and O–H groups in total. The first-order valence-corrected chi connectivity index (χ1v) is 8.10. The molecule has 0 aliphatic carbocycles. The molecule has 0 radical (unpaired) electrons. The average Bonchev–Trinajstić information content (AvgIpc) is 3.26. The third-order valence-electron chi connectivity index (χ3n) is 3.79. The van der Waals surface area contributed by atoms with Gasteiger partial charge in [0.05, 0.1) is 27.5 Å². The van der Waals surface area contributed by atoms with Crippen molar-refractivity contribution in [2.24, 2.45) is 0 Å². The number of imidazole rings is 1. The van der Waals surface area contributed by atoms with Gasteiger partial charge in [-0.2, -0.15) is 10.5 Å². The number of fused-ring (bicyclic) bond motifs is 1. The van der Waals surface area contributed by atoms with E-state index >= 15 is 0 Å². The van der Waals surface area contributed by atoms with Gasteiger partial charge in [-0.15, -0.1) is 11.3 Å². The van der Waals surface area contributed by atoms with E-state index in [-0.39, 0.29) is 0 Å². The Hall–Kier alpha value is -3.41. The zero-order chi connectivity index (χ0) is 16.5. The molecule has 0 aliphatic rings. The molecule has 0 saturated heterocycles. The number of para-hydroxylation sites is 2. The van der Waals surface area contributed by atoms with Gasteiger partial charge in [0.2, 0.25) is 0 Å². The summed E-state index contributed by atoms with van der Waals surface area (Å²) in [4.78, 5) is 6.61. The Labute approximate surface area is 142 Å². The molecular weight excluding hydrogens is 316 g/mol. The molecule has 2 aromatic carbocycles. The second kappa shape index (κ2) is 5.66. The lowest BCUT2D eigenvalue weighted by atomic mass is 10.1. The van der Waals surface area contributed by atoms with E-state index < -0.39 is 0 Å². The first kappa shape index (κ1) is 14.2. The third-order valence-corrected chi connectivity index (χ3v) is 4.92. The van der Waals surface area contributed by atoms with Crippen molar-refractivity contribution in [3.05, 3.63) is 66.2 Å². The van der Waals surface area contributed by atoms with Crippen LogP contribution in [0.2, 0.25) is 0 Å². The number of benzene rings is 2. The Bertz CT molecular complexity index is 1120. The van der Waals surface area contributed by atoms with Gasteiger partial charge in [0, 0.05) is 4.88 Å². The van der Waals surface area contributed by atoms with Crippen LogP contribution in [0.15, 0.2) is 60.7 Å². The van der Waals surface area contributed by atoms with Crippen LogP contribution in [0.5, 0.6) is 0 Å². The summed E-state index contributed by atoms with van der Waals surface area (Å²) in [5.41, 5.74) is 3.30. The van der Waals surface area contributed by atoms with Crippen LogP contribution < -0.4 is 0 Å². The first-order valence-electron chi connectivity index (χ1n) is 7.28. The maximum absolute atomic E-state index is 9.50. The van der Waals surface area contributed by atoms with Gasteiger partial charge in [0.25, 0.3) is 0 Å². The molecule has 4 aromatic rings. The minimum atomic E-state index is 0.641. The lowest BCUT2D eigenvalue weighted by molar-refractivity contribution is 1.13. The molecule has 0 amide bonds. The quantitative estimate of drug-likeness (QED) is 0.539. The molecule has 2 aromatic heterocycles. The van der Waals surface area contributed by atoms with Gasteiger partial charge in [-0.05, 0) is 42.0 Å². The largest absolute Gasteiger partial charge is 0.227 e. The Morgan fingerprint density at radius 1 is 0.875 bits per heavy atom. The van der Waals surface area contributed by atoms with Crippen LogP contribution >= 0.6 is 11.3 Å². The molecule has 0 atom stereocenters. The summed E-state index contributed by atoms with van der Waals surface area (Å²) in [6.45, 7) is 0. The van der Waals surface area contributed by atoms with Crippen LogP contribution in [-0.2, 0) is 0 Å². The molecule has 0 aliphatic heterocycles. The smallest absolute Gasteiger partial charge is 0.190 e. The molecule has 4 nitrogen and oxygen atoms in total. The van der Waals surface area contributed by atoms with Crippen LogP contribution in [0.25, 0.3) is 32.2 Å². The van der Waals surface area contributed by atoms with Crippen molar-refractivity contribution >= 4 is 22.4 Å². The number of hydrogen-bond donors (Lipinski definition) is 0. The molecular formula is C19H10N4S. The molecule has 0 unspecified atom stereocenters. The number of nitriles is 2. The summed E-state index contributed by atoms with van der Waals surface area (Å²) >= 11 is 1.58. The maximum Gasteiger partial charge on any atom is 0.190 e. The van der Waals surface area contributed by atoms with Crippen molar-refractivity contribution in [3.8, 4) is 33.4 Å². The van der Waals surface area contributed by atoms with Crippen molar-refractivity contribution in [1.29, 1.82) is 10.5 Å².